The van der Waals surface area contributed by atoms with E-state index in [-0.39, 0.29) is 5.54 Å². The maximum absolute atomic E-state index is 5.48. The first kappa shape index (κ1) is 17.4. The number of hydrogen-bond donors (Lipinski definition) is 2. The molecule has 1 aliphatic rings. The van der Waals surface area contributed by atoms with E-state index in [9.17, 15) is 0 Å². The van der Waals surface area contributed by atoms with Crippen LogP contribution in [0.1, 0.15) is 27.2 Å². The van der Waals surface area contributed by atoms with E-state index >= 15 is 0 Å². The van der Waals surface area contributed by atoms with Gasteiger partial charge in [-0.1, -0.05) is 12.1 Å². The van der Waals surface area contributed by atoms with Gasteiger partial charge in [-0.2, -0.15) is 0 Å². The molecule has 1 saturated heterocycles. The number of para-hydroxylation sites is 2. The lowest BCUT2D eigenvalue weighted by atomic mass is 10.1. The number of nitrogens with zero attached hydrogens (tertiary/aromatic N) is 2. The molecule has 0 spiro atoms. The molecule has 1 aromatic carbocycles. The fourth-order valence-electron chi connectivity index (χ4n) is 2.88. The van der Waals surface area contributed by atoms with Crippen LogP contribution in [-0.4, -0.2) is 45.3 Å². The Bertz CT molecular complexity index is 536. The van der Waals surface area contributed by atoms with Gasteiger partial charge in [0.25, 0.3) is 0 Å². The van der Waals surface area contributed by atoms with Gasteiger partial charge in [-0.15, -0.1) is 0 Å². The molecule has 0 bridgehead atoms. The van der Waals surface area contributed by atoms with E-state index in [1.165, 1.54) is 12.1 Å². The van der Waals surface area contributed by atoms with Gasteiger partial charge in [0.1, 0.15) is 5.75 Å². The van der Waals surface area contributed by atoms with Crippen LogP contribution in [0.5, 0.6) is 5.75 Å². The maximum atomic E-state index is 5.48. The molecular weight excluding hydrogens is 288 g/mol. The van der Waals surface area contributed by atoms with Crippen LogP contribution >= 0.6 is 0 Å². The van der Waals surface area contributed by atoms with Crippen LogP contribution < -0.4 is 20.3 Å². The molecule has 1 atom stereocenters. The summed E-state index contributed by atoms with van der Waals surface area (Å²) < 4.78 is 5.48. The molecule has 1 heterocycles. The third-order valence-corrected chi connectivity index (χ3v) is 3.99. The molecule has 1 aromatic rings. The SMILES string of the molecule is CN=C(NCC1CCN(c2ccccc2OC)C1)NC(C)(C)C. The van der Waals surface area contributed by atoms with Gasteiger partial charge in [0.15, 0.2) is 5.96 Å². The van der Waals surface area contributed by atoms with Gasteiger partial charge in [-0.05, 0) is 45.2 Å². The molecule has 23 heavy (non-hydrogen) atoms. The minimum Gasteiger partial charge on any atom is -0.495 e. The minimum atomic E-state index is 0.0148. The second kappa shape index (κ2) is 7.57. The molecule has 128 valence electrons. The first-order valence-corrected chi connectivity index (χ1v) is 8.29. The van der Waals surface area contributed by atoms with Gasteiger partial charge in [0.2, 0.25) is 0 Å². The summed E-state index contributed by atoms with van der Waals surface area (Å²) in [7, 11) is 3.55. The van der Waals surface area contributed by atoms with Crippen molar-refractivity contribution in [3.8, 4) is 5.75 Å². The summed E-state index contributed by atoms with van der Waals surface area (Å²) in [5.74, 6) is 2.43. The molecule has 0 aliphatic carbocycles. The Morgan fingerprint density at radius 3 is 2.74 bits per heavy atom. The van der Waals surface area contributed by atoms with Gasteiger partial charge >= 0.3 is 0 Å². The smallest absolute Gasteiger partial charge is 0.191 e. The molecule has 5 heteroatoms. The zero-order chi connectivity index (χ0) is 16.9. The van der Waals surface area contributed by atoms with Crippen LogP contribution in [0.3, 0.4) is 0 Å². The Balaban J connectivity index is 1.88. The van der Waals surface area contributed by atoms with Gasteiger partial charge in [0.05, 0.1) is 12.8 Å². The lowest BCUT2D eigenvalue weighted by Gasteiger charge is -2.25. The number of anilines is 1. The van der Waals surface area contributed by atoms with E-state index in [4.69, 9.17) is 4.74 Å². The van der Waals surface area contributed by atoms with E-state index in [2.05, 4.69) is 53.4 Å². The van der Waals surface area contributed by atoms with Crippen LogP contribution in [-0.2, 0) is 0 Å². The fourth-order valence-corrected chi connectivity index (χ4v) is 2.88. The average molecular weight is 318 g/mol. The van der Waals surface area contributed by atoms with E-state index in [0.717, 1.165) is 31.3 Å². The minimum absolute atomic E-state index is 0.0148. The number of aliphatic imine (C=N–C) groups is 1. The van der Waals surface area contributed by atoms with Gasteiger partial charge in [-0.3, -0.25) is 4.99 Å². The zero-order valence-corrected chi connectivity index (χ0v) is 15.0. The highest BCUT2D eigenvalue weighted by Crippen LogP contribution is 2.31. The number of ether oxygens (including phenoxy) is 1. The van der Waals surface area contributed by atoms with Crippen LogP contribution in [0.15, 0.2) is 29.3 Å². The van der Waals surface area contributed by atoms with Crippen LogP contribution in [0.2, 0.25) is 0 Å². The second-order valence-electron chi connectivity index (χ2n) is 7.10. The second-order valence-corrected chi connectivity index (χ2v) is 7.10. The van der Waals surface area contributed by atoms with Crippen molar-refractivity contribution in [1.29, 1.82) is 0 Å². The topological polar surface area (TPSA) is 48.9 Å². The molecule has 0 radical (unpaired) electrons. The summed E-state index contributed by atoms with van der Waals surface area (Å²) in [6.45, 7) is 9.45. The fraction of sp³-hybridized carbons (Fsp3) is 0.611. The molecule has 2 rings (SSSR count). The van der Waals surface area contributed by atoms with Crippen molar-refractivity contribution in [2.24, 2.45) is 10.9 Å². The number of methoxy groups -OCH3 is 1. The maximum Gasteiger partial charge on any atom is 0.191 e. The molecule has 2 N–H and O–H groups in total. The standard InChI is InChI=1S/C18H30N4O/c1-18(2,3)21-17(19-4)20-12-14-10-11-22(13-14)15-8-6-7-9-16(15)23-5/h6-9,14H,10-13H2,1-5H3,(H2,19,20,21). The van der Waals surface area contributed by atoms with Crippen molar-refractivity contribution >= 4 is 11.6 Å². The number of rotatable bonds is 4. The molecule has 0 amide bonds. The number of benzene rings is 1. The summed E-state index contributed by atoms with van der Waals surface area (Å²) in [5.41, 5.74) is 1.20. The summed E-state index contributed by atoms with van der Waals surface area (Å²) >= 11 is 0. The highest BCUT2D eigenvalue weighted by molar-refractivity contribution is 5.80. The normalized spacial score (nSPS) is 18.9. The van der Waals surface area contributed by atoms with E-state index in [0.29, 0.717) is 5.92 Å². The molecule has 0 saturated carbocycles. The Morgan fingerprint density at radius 2 is 2.09 bits per heavy atom. The van der Waals surface area contributed by atoms with Crippen molar-refractivity contribution < 1.29 is 4.74 Å². The largest absolute Gasteiger partial charge is 0.495 e. The molecule has 1 unspecified atom stereocenters. The van der Waals surface area contributed by atoms with Gasteiger partial charge in [-0.25, -0.2) is 0 Å². The van der Waals surface area contributed by atoms with E-state index < -0.39 is 0 Å². The number of guanidine groups is 1. The zero-order valence-electron chi connectivity index (χ0n) is 15.0. The third-order valence-electron chi connectivity index (χ3n) is 3.99. The number of nitrogens with one attached hydrogen (secondary N) is 2. The Kier molecular flexibility index (Phi) is 5.74. The first-order valence-electron chi connectivity index (χ1n) is 8.29. The van der Waals surface area contributed by atoms with Crippen molar-refractivity contribution in [2.75, 3.05) is 38.7 Å². The number of hydrogen-bond acceptors (Lipinski definition) is 3. The molecule has 5 nitrogen and oxygen atoms in total. The molecule has 0 aromatic heterocycles. The van der Waals surface area contributed by atoms with Crippen LogP contribution in [0.25, 0.3) is 0 Å². The predicted molar refractivity (Wildman–Crippen MR) is 97.6 cm³/mol. The Hall–Kier alpha value is -1.91. The Labute approximate surface area is 140 Å². The highest BCUT2D eigenvalue weighted by Gasteiger charge is 2.25. The van der Waals surface area contributed by atoms with Gasteiger partial charge < -0.3 is 20.3 Å². The van der Waals surface area contributed by atoms with Crippen molar-refractivity contribution in [1.82, 2.24) is 10.6 Å². The monoisotopic (exact) mass is 318 g/mol. The highest BCUT2D eigenvalue weighted by atomic mass is 16.5. The summed E-state index contributed by atoms with van der Waals surface area (Å²) in [6, 6.07) is 8.24. The van der Waals surface area contributed by atoms with Crippen LogP contribution in [0.4, 0.5) is 5.69 Å². The molecular formula is C18H30N4O. The summed E-state index contributed by atoms with van der Waals surface area (Å²) in [5, 5.41) is 6.85. The third kappa shape index (κ3) is 5.05. The van der Waals surface area contributed by atoms with Crippen molar-refractivity contribution in [3.63, 3.8) is 0 Å². The molecule has 1 aliphatic heterocycles. The van der Waals surface area contributed by atoms with Crippen LogP contribution in [0, 0.1) is 5.92 Å². The first-order chi connectivity index (χ1) is 10.9. The van der Waals surface area contributed by atoms with Gasteiger partial charge in [0, 0.05) is 32.2 Å². The molecule has 1 fully saturated rings. The lowest BCUT2D eigenvalue weighted by molar-refractivity contribution is 0.414. The van der Waals surface area contributed by atoms with Crippen molar-refractivity contribution in [3.05, 3.63) is 24.3 Å². The Morgan fingerprint density at radius 1 is 1.35 bits per heavy atom. The lowest BCUT2D eigenvalue weighted by Crippen LogP contribution is -2.48. The predicted octanol–water partition coefficient (Wildman–Crippen LogP) is 2.49. The summed E-state index contributed by atoms with van der Waals surface area (Å²) in [6.07, 6.45) is 1.18. The van der Waals surface area contributed by atoms with E-state index in [1.54, 1.807) is 7.11 Å². The quantitative estimate of drug-likeness (QED) is 0.661. The average Bonchev–Trinajstić information content (AvgIpc) is 2.99. The summed E-state index contributed by atoms with van der Waals surface area (Å²) in [4.78, 5) is 6.71. The van der Waals surface area contributed by atoms with Crippen molar-refractivity contribution in [2.45, 2.75) is 32.7 Å². The van der Waals surface area contributed by atoms with E-state index in [1.807, 2.05) is 19.2 Å².